The Morgan fingerprint density at radius 1 is 1.08 bits per heavy atom. The first-order valence-electron chi connectivity index (χ1n) is 8.27. The molecule has 2 aromatic carbocycles. The summed E-state index contributed by atoms with van der Waals surface area (Å²) in [6, 6.07) is 17.7. The third-order valence-electron chi connectivity index (χ3n) is 4.51. The Morgan fingerprint density at radius 2 is 1.68 bits per heavy atom. The van der Waals surface area contributed by atoms with Crippen molar-refractivity contribution in [1.29, 1.82) is 0 Å². The minimum Gasteiger partial charge on any atom is -0.394 e. The van der Waals surface area contributed by atoms with Crippen molar-refractivity contribution in [2.45, 2.75) is 24.7 Å². The highest BCUT2D eigenvalue weighted by Gasteiger charge is 2.48. The van der Waals surface area contributed by atoms with Crippen LogP contribution in [0.4, 0.5) is 10.5 Å². The first-order chi connectivity index (χ1) is 12.2. The van der Waals surface area contributed by atoms with Gasteiger partial charge in [-0.15, -0.1) is 6.58 Å². The largest absolute Gasteiger partial charge is 0.394 e. The van der Waals surface area contributed by atoms with Gasteiger partial charge in [0.2, 0.25) is 0 Å². The van der Waals surface area contributed by atoms with Gasteiger partial charge in [-0.25, -0.2) is 4.79 Å². The van der Waals surface area contributed by atoms with Crippen LogP contribution < -0.4 is 4.90 Å². The second kappa shape index (κ2) is 7.51. The Balaban J connectivity index is 1.99. The number of aliphatic hydroxyl groups excluding tert-OH is 2. The third kappa shape index (κ3) is 3.29. The number of anilines is 1. The van der Waals surface area contributed by atoms with Crippen LogP contribution in [0, 0.1) is 0 Å². The highest BCUT2D eigenvalue weighted by Crippen LogP contribution is 2.32. The number of rotatable bonds is 6. The van der Waals surface area contributed by atoms with Crippen LogP contribution in [0.25, 0.3) is 0 Å². The Labute approximate surface area is 147 Å². The van der Waals surface area contributed by atoms with Gasteiger partial charge in [-0.3, -0.25) is 4.90 Å². The molecular weight excluding hydrogens is 316 g/mol. The summed E-state index contributed by atoms with van der Waals surface area (Å²) in [5.41, 5.74) is 1.68. The van der Waals surface area contributed by atoms with Crippen molar-refractivity contribution < 1.29 is 15.0 Å². The van der Waals surface area contributed by atoms with Crippen LogP contribution in [0.5, 0.6) is 0 Å². The quantitative estimate of drug-likeness (QED) is 0.795. The van der Waals surface area contributed by atoms with Crippen molar-refractivity contribution >= 4 is 11.7 Å². The molecule has 0 aromatic heterocycles. The summed E-state index contributed by atoms with van der Waals surface area (Å²) in [5, 5.41) is 19.9. The lowest BCUT2D eigenvalue weighted by molar-refractivity contribution is 0.0666. The molecule has 25 heavy (non-hydrogen) atoms. The van der Waals surface area contributed by atoms with E-state index in [2.05, 4.69) is 6.58 Å². The van der Waals surface area contributed by atoms with Gasteiger partial charge in [-0.05, 0) is 17.7 Å². The van der Waals surface area contributed by atoms with Gasteiger partial charge in [0, 0.05) is 12.2 Å². The van der Waals surface area contributed by atoms with Crippen molar-refractivity contribution in [2.75, 3.05) is 11.5 Å². The maximum Gasteiger partial charge on any atom is 0.325 e. The highest BCUT2D eigenvalue weighted by atomic mass is 16.3. The molecule has 0 spiro atoms. The summed E-state index contributed by atoms with van der Waals surface area (Å²) in [6.07, 6.45) is 0.598. The van der Waals surface area contributed by atoms with Gasteiger partial charge in [0.1, 0.15) is 6.10 Å². The van der Waals surface area contributed by atoms with Crippen LogP contribution in [0.2, 0.25) is 0 Å². The van der Waals surface area contributed by atoms with Crippen LogP contribution in [0.3, 0.4) is 0 Å². The molecule has 1 fully saturated rings. The van der Waals surface area contributed by atoms with Gasteiger partial charge in [-0.1, -0.05) is 54.6 Å². The van der Waals surface area contributed by atoms with Crippen LogP contribution in [0.15, 0.2) is 73.3 Å². The predicted molar refractivity (Wildman–Crippen MR) is 97.2 cm³/mol. The molecule has 1 saturated heterocycles. The molecule has 1 aliphatic heterocycles. The number of urea groups is 1. The standard InChI is InChI=1S/C20H22N2O3/c1-2-17-19(18(24)14-23)22(16-11-7-4-8-12-16)20(25)21(17)13-15-9-5-3-6-10-15/h2-12,17-19,23-24H,1,13-14H2/t17-,18+,19?/m1/s1. The van der Waals surface area contributed by atoms with Gasteiger partial charge in [-0.2, -0.15) is 0 Å². The van der Waals surface area contributed by atoms with Crippen LogP contribution >= 0.6 is 0 Å². The third-order valence-corrected chi connectivity index (χ3v) is 4.51. The number of nitrogens with zero attached hydrogens (tertiary/aromatic N) is 2. The second-order valence-corrected chi connectivity index (χ2v) is 6.07. The van der Waals surface area contributed by atoms with Gasteiger partial charge in [0.15, 0.2) is 0 Å². The van der Waals surface area contributed by atoms with Crippen LogP contribution in [0.1, 0.15) is 5.56 Å². The first kappa shape index (κ1) is 17.2. The molecule has 0 bridgehead atoms. The lowest BCUT2D eigenvalue weighted by atomic mass is 10.0. The Bertz CT molecular complexity index is 720. The molecule has 0 radical (unpaired) electrons. The first-order valence-corrected chi connectivity index (χ1v) is 8.27. The van der Waals surface area contributed by atoms with E-state index in [1.807, 2.05) is 60.7 Å². The van der Waals surface area contributed by atoms with Gasteiger partial charge >= 0.3 is 6.03 Å². The average molecular weight is 338 g/mol. The van der Waals surface area contributed by atoms with E-state index in [1.54, 1.807) is 15.9 Å². The van der Waals surface area contributed by atoms with E-state index in [1.165, 1.54) is 0 Å². The molecule has 1 heterocycles. The van der Waals surface area contributed by atoms with Gasteiger partial charge < -0.3 is 15.1 Å². The van der Waals surface area contributed by atoms with E-state index in [0.29, 0.717) is 12.2 Å². The maximum atomic E-state index is 13.1. The monoisotopic (exact) mass is 338 g/mol. The van der Waals surface area contributed by atoms with Crippen LogP contribution in [-0.4, -0.2) is 45.9 Å². The molecule has 5 heteroatoms. The minimum absolute atomic E-state index is 0.211. The molecule has 2 N–H and O–H groups in total. The van der Waals surface area contributed by atoms with E-state index >= 15 is 0 Å². The smallest absolute Gasteiger partial charge is 0.325 e. The molecule has 1 aliphatic rings. The molecule has 1 unspecified atom stereocenters. The van der Waals surface area contributed by atoms with Crippen LogP contribution in [-0.2, 0) is 6.54 Å². The number of hydrogen-bond donors (Lipinski definition) is 2. The fourth-order valence-electron chi connectivity index (χ4n) is 3.33. The molecular formula is C20H22N2O3. The maximum absolute atomic E-state index is 13.1. The molecule has 130 valence electrons. The number of hydrogen-bond acceptors (Lipinski definition) is 3. The summed E-state index contributed by atoms with van der Waals surface area (Å²) in [7, 11) is 0. The van der Waals surface area contributed by atoms with E-state index in [0.717, 1.165) is 5.56 Å². The fourth-order valence-corrected chi connectivity index (χ4v) is 3.33. The van der Waals surface area contributed by atoms with E-state index < -0.39 is 24.8 Å². The zero-order valence-corrected chi connectivity index (χ0v) is 13.9. The van der Waals surface area contributed by atoms with E-state index in [-0.39, 0.29) is 6.03 Å². The lowest BCUT2D eigenvalue weighted by Gasteiger charge is -2.29. The number of carbonyl (C=O) groups is 1. The van der Waals surface area contributed by atoms with E-state index in [9.17, 15) is 15.0 Å². The molecule has 3 rings (SSSR count). The molecule has 0 saturated carbocycles. The summed E-state index contributed by atoms with van der Waals surface area (Å²) >= 11 is 0. The molecule has 3 atom stereocenters. The summed E-state index contributed by atoms with van der Waals surface area (Å²) in [6.45, 7) is 3.84. The molecule has 0 aliphatic carbocycles. The zero-order valence-electron chi connectivity index (χ0n) is 13.9. The highest BCUT2D eigenvalue weighted by molar-refractivity contribution is 5.96. The number of para-hydroxylation sites is 1. The van der Waals surface area contributed by atoms with E-state index in [4.69, 9.17) is 0 Å². The minimum atomic E-state index is -1.06. The normalized spacial score (nSPS) is 21.4. The van der Waals surface area contributed by atoms with Gasteiger partial charge in [0.25, 0.3) is 0 Å². The summed E-state index contributed by atoms with van der Waals surface area (Å²) in [4.78, 5) is 16.4. The van der Waals surface area contributed by atoms with Crippen molar-refractivity contribution in [3.63, 3.8) is 0 Å². The van der Waals surface area contributed by atoms with Crippen molar-refractivity contribution in [2.24, 2.45) is 0 Å². The SMILES string of the molecule is C=C[C@@H]1C([C@@H](O)CO)N(c2ccccc2)C(=O)N1Cc1ccccc1. The number of benzene rings is 2. The van der Waals surface area contributed by atoms with Crippen molar-refractivity contribution in [3.8, 4) is 0 Å². The number of aliphatic hydroxyl groups is 2. The second-order valence-electron chi connectivity index (χ2n) is 6.07. The lowest BCUT2D eigenvalue weighted by Crippen LogP contribution is -2.47. The Morgan fingerprint density at radius 3 is 2.24 bits per heavy atom. The molecule has 2 amide bonds. The van der Waals surface area contributed by atoms with Crippen molar-refractivity contribution in [3.05, 3.63) is 78.9 Å². The predicted octanol–water partition coefficient (Wildman–Crippen LogP) is 2.41. The summed E-state index contributed by atoms with van der Waals surface area (Å²) in [5.74, 6) is 0. The number of amides is 2. The van der Waals surface area contributed by atoms with Gasteiger partial charge in [0.05, 0.1) is 18.7 Å². The Hall–Kier alpha value is -2.63. The fraction of sp³-hybridized carbons (Fsp3) is 0.250. The zero-order chi connectivity index (χ0) is 17.8. The average Bonchev–Trinajstić information content (AvgIpc) is 2.94. The molecule has 2 aromatic rings. The topological polar surface area (TPSA) is 64.0 Å². The Kier molecular flexibility index (Phi) is 5.16. The molecule has 5 nitrogen and oxygen atoms in total. The summed E-state index contributed by atoms with van der Waals surface area (Å²) < 4.78 is 0. The van der Waals surface area contributed by atoms with Crippen molar-refractivity contribution in [1.82, 2.24) is 4.90 Å². The number of carbonyl (C=O) groups excluding carboxylic acids is 1.